The lowest BCUT2D eigenvalue weighted by Gasteiger charge is -2.26. The molecule has 1 aliphatic rings. The van der Waals surface area contributed by atoms with Gasteiger partial charge in [0.2, 0.25) is 5.91 Å². The van der Waals surface area contributed by atoms with E-state index in [4.69, 9.17) is 4.74 Å². The van der Waals surface area contributed by atoms with Gasteiger partial charge in [0.1, 0.15) is 5.60 Å². The number of aryl methyl sites for hydroxylation is 2. The first-order chi connectivity index (χ1) is 9.49. The van der Waals surface area contributed by atoms with Crippen molar-refractivity contribution in [2.24, 2.45) is 0 Å². The molecule has 1 aromatic carbocycles. The normalized spacial score (nSPS) is 25.6. The SMILES string of the molecule is Cc1cccc(CCC(=O)NCC2(O)CCOC2C)c1. The molecule has 1 saturated heterocycles. The molecule has 1 fully saturated rings. The van der Waals surface area contributed by atoms with E-state index in [0.29, 0.717) is 19.4 Å². The summed E-state index contributed by atoms with van der Waals surface area (Å²) >= 11 is 0. The molecule has 0 bridgehead atoms. The number of hydrogen-bond acceptors (Lipinski definition) is 3. The maximum absolute atomic E-state index is 11.8. The Morgan fingerprint density at radius 1 is 1.55 bits per heavy atom. The number of carbonyl (C=O) groups excluding carboxylic acids is 1. The monoisotopic (exact) mass is 277 g/mol. The average molecular weight is 277 g/mol. The fraction of sp³-hybridized carbons (Fsp3) is 0.562. The van der Waals surface area contributed by atoms with Gasteiger partial charge >= 0.3 is 0 Å². The van der Waals surface area contributed by atoms with Crippen molar-refractivity contribution in [3.05, 3.63) is 35.4 Å². The van der Waals surface area contributed by atoms with Crippen LogP contribution in [-0.4, -0.2) is 35.9 Å². The summed E-state index contributed by atoms with van der Waals surface area (Å²) in [7, 11) is 0. The van der Waals surface area contributed by atoms with Gasteiger partial charge in [-0.05, 0) is 25.8 Å². The van der Waals surface area contributed by atoms with Gasteiger partial charge in [-0.3, -0.25) is 4.79 Å². The smallest absolute Gasteiger partial charge is 0.220 e. The van der Waals surface area contributed by atoms with Crippen molar-refractivity contribution in [2.75, 3.05) is 13.2 Å². The molecule has 1 aromatic rings. The Kier molecular flexibility index (Phi) is 4.78. The summed E-state index contributed by atoms with van der Waals surface area (Å²) in [4.78, 5) is 11.8. The predicted octanol–water partition coefficient (Wildman–Crippen LogP) is 1.58. The molecule has 110 valence electrons. The summed E-state index contributed by atoms with van der Waals surface area (Å²) in [6.07, 6.45) is 1.51. The number of rotatable bonds is 5. The van der Waals surface area contributed by atoms with Gasteiger partial charge in [-0.1, -0.05) is 29.8 Å². The zero-order chi connectivity index (χ0) is 14.6. The number of hydrogen-bond donors (Lipinski definition) is 2. The van der Waals surface area contributed by atoms with Gasteiger partial charge in [-0.2, -0.15) is 0 Å². The maximum Gasteiger partial charge on any atom is 0.220 e. The van der Waals surface area contributed by atoms with E-state index in [1.54, 1.807) is 0 Å². The van der Waals surface area contributed by atoms with Crippen LogP contribution >= 0.6 is 0 Å². The fourth-order valence-corrected chi connectivity index (χ4v) is 2.47. The minimum atomic E-state index is -0.918. The van der Waals surface area contributed by atoms with Crippen LogP contribution in [0.2, 0.25) is 0 Å². The highest BCUT2D eigenvalue weighted by Gasteiger charge is 2.39. The number of nitrogens with one attached hydrogen (secondary N) is 1. The lowest BCUT2D eigenvalue weighted by Crippen LogP contribution is -2.47. The van der Waals surface area contributed by atoms with Crippen LogP contribution in [0.25, 0.3) is 0 Å². The molecule has 20 heavy (non-hydrogen) atoms. The van der Waals surface area contributed by atoms with Gasteiger partial charge in [0, 0.05) is 26.0 Å². The standard InChI is InChI=1S/C16H23NO3/c1-12-4-3-5-14(10-12)6-7-15(18)17-11-16(19)8-9-20-13(16)2/h3-5,10,13,19H,6-9,11H2,1-2H3,(H,17,18). The van der Waals surface area contributed by atoms with Gasteiger partial charge in [0.15, 0.2) is 0 Å². The zero-order valence-electron chi connectivity index (χ0n) is 12.2. The van der Waals surface area contributed by atoms with Crippen molar-refractivity contribution in [3.8, 4) is 0 Å². The largest absolute Gasteiger partial charge is 0.385 e. The Morgan fingerprint density at radius 2 is 2.35 bits per heavy atom. The molecule has 1 heterocycles. The number of aliphatic hydroxyl groups is 1. The summed E-state index contributed by atoms with van der Waals surface area (Å²) in [5.41, 5.74) is 1.45. The number of amides is 1. The summed E-state index contributed by atoms with van der Waals surface area (Å²) < 4.78 is 5.34. The summed E-state index contributed by atoms with van der Waals surface area (Å²) in [5, 5.41) is 13.1. The molecule has 1 aliphatic heterocycles. The molecule has 0 aromatic heterocycles. The molecule has 0 saturated carbocycles. The Balaban J connectivity index is 1.76. The van der Waals surface area contributed by atoms with Crippen molar-refractivity contribution < 1.29 is 14.6 Å². The second kappa shape index (κ2) is 6.37. The third-order valence-corrected chi connectivity index (χ3v) is 3.97. The number of ether oxygens (including phenoxy) is 1. The Bertz CT molecular complexity index is 475. The summed E-state index contributed by atoms with van der Waals surface area (Å²) in [6.45, 7) is 4.70. The van der Waals surface area contributed by atoms with E-state index < -0.39 is 5.60 Å². The van der Waals surface area contributed by atoms with Crippen LogP contribution in [0, 0.1) is 6.92 Å². The van der Waals surface area contributed by atoms with Crippen LogP contribution in [-0.2, 0) is 16.0 Å². The zero-order valence-corrected chi connectivity index (χ0v) is 12.2. The van der Waals surface area contributed by atoms with E-state index in [2.05, 4.69) is 11.4 Å². The predicted molar refractivity (Wildman–Crippen MR) is 77.5 cm³/mol. The van der Waals surface area contributed by atoms with Gasteiger partial charge in [0.25, 0.3) is 0 Å². The molecule has 0 radical (unpaired) electrons. The van der Waals surface area contributed by atoms with Crippen molar-refractivity contribution in [2.45, 2.75) is 44.8 Å². The first-order valence-electron chi connectivity index (χ1n) is 7.16. The molecular weight excluding hydrogens is 254 g/mol. The van der Waals surface area contributed by atoms with Crippen molar-refractivity contribution in [1.82, 2.24) is 5.32 Å². The van der Waals surface area contributed by atoms with Crippen LogP contribution in [0.4, 0.5) is 0 Å². The highest BCUT2D eigenvalue weighted by atomic mass is 16.5. The highest BCUT2D eigenvalue weighted by Crippen LogP contribution is 2.24. The first kappa shape index (κ1) is 15.0. The van der Waals surface area contributed by atoms with Crippen LogP contribution in [0.15, 0.2) is 24.3 Å². The second-order valence-corrected chi connectivity index (χ2v) is 5.63. The third kappa shape index (κ3) is 3.81. The Labute approximate surface area is 120 Å². The van der Waals surface area contributed by atoms with E-state index in [0.717, 1.165) is 12.0 Å². The quantitative estimate of drug-likeness (QED) is 0.859. The average Bonchev–Trinajstić information content (AvgIpc) is 2.75. The molecule has 2 atom stereocenters. The van der Waals surface area contributed by atoms with Gasteiger partial charge in [-0.25, -0.2) is 0 Å². The van der Waals surface area contributed by atoms with Gasteiger partial charge < -0.3 is 15.2 Å². The topological polar surface area (TPSA) is 58.6 Å². The number of benzene rings is 1. The molecule has 2 unspecified atom stereocenters. The van der Waals surface area contributed by atoms with E-state index in [1.807, 2.05) is 32.0 Å². The molecule has 1 amide bonds. The second-order valence-electron chi connectivity index (χ2n) is 5.63. The Morgan fingerprint density at radius 3 is 3.00 bits per heavy atom. The van der Waals surface area contributed by atoms with Gasteiger partial charge in [0.05, 0.1) is 6.10 Å². The molecular formula is C16H23NO3. The molecule has 4 heteroatoms. The van der Waals surface area contributed by atoms with E-state index in [-0.39, 0.29) is 18.6 Å². The van der Waals surface area contributed by atoms with Crippen molar-refractivity contribution in [1.29, 1.82) is 0 Å². The Hall–Kier alpha value is -1.39. The van der Waals surface area contributed by atoms with Crippen LogP contribution in [0.1, 0.15) is 30.9 Å². The molecule has 2 rings (SSSR count). The van der Waals surface area contributed by atoms with Crippen LogP contribution < -0.4 is 5.32 Å². The minimum absolute atomic E-state index is 0.0287. The lowest BCUT2D eigenvalue weighted by molar-refractivity contribution is -0.122. The third-order valence-electron chi connectivity index (χ3n) is 3.97. The summed E-state index contributed by atoms with van der Waals surface area (Å²) in [5.74, 6) is -0.0287. The minimum Gasteiger partial charge on any atom is -0.385 e. The van der Waals surface area contributed by atoms with E-state index >= 15 is 0 Å². The molecule has 4 nitrogen and oxygen atoms in total. The highest BCUT2D eigenvalue weighted by molar-refractivity contribution is 5.76. The van der Waals surface area contributed by atoms with Crippen LogP contribution in [0.3, 0.4) is 0 Å². The molecule has 2 N–H and O–H groups in total. The van der Waals surface area contributed by atoms with Crippen molar-refractivity contribution in [3.63, 3.8) is 0 Å². The molecule has 0 aliphatic carbocycles. The molecule has 0 spiro atoms. The lowest BCUT2D eigenvalue weighted by atomic mass is 9.96. The maximum atomic E-state index is 11.8. The van der Waals surface area contributed by atoms with E-state index in [1.165, 1.54) is 5.56 Å². The fourth-order valence-electron chi connectivity index (χ4n) is 2.47. The number of carbonyl (C=O) groups is 1. The van der Waals surface area contributed by atoms with Crippen LogP contribution in [0.5, 0.6) is 0 Å². The summed E-state index contributed by atoms with van der Waals surface area (Å²) in [6, 6.07) is 8.16. The van der Waals surface area contributed by atoms with Crippen molar-refractivity contribution >= 4 is 5.91 Å². The van der Waals surface area contributed by atoms with Gasteiger partial charge in [-0.15, -0.1) is 0 Å². The first-order valence-corrected chi connectivity index (χ1v) is 7.16. The van der Waals surface area contributed by atoms with E-state index in [9.17, 15) is 9.90 Å².